The van der Waals surface area contributed by atoms with E-state index in [4.69, 9.17) is 4.74 Å². The summed E-state index contributed by atoms with van der Waals surface area (Å²) in [5.41, 5.74) is -0.981. The summed E-state index contributed by atoms with van der Waals surface area (Å²) >= 11 is 0. The number of carboxylic acid groups (broad SMARTS) is 1. The van der Waals surface area contributed by atoms with Crippen molar-refractivity contribution in [1.82, 2.24) is 4.57 Å². The van der Waals surface area contributed by atoms with Gasteiger partial charge < -0.3 is 19.7 Å². The monoisotopic (exact) mass is 372 g/mol. The third kappa shape index (κ3) is 2.43. The second-order valence-electron chi connectivity index (χ2n) is 5.91. The molecule has 0 spiro atoms. The Bertz CT molecular complexity index is 1230. The maximum Gasteiger partial charge on any atom is 0.341 e. The van der Waals surface area contributed by atoms with Crippen LogP contribution >= 0.6 is 0 Å². The van der Waals surface area contributed by atoms with Gasteiger partial charge in [-0.2, -0.15) is 4.39 Å². The number of halogens is 2. The van der Waals surface area contributed by atoms with Gasteiger partial charge in [-0.3, -0.25) is 9.59 Å². The number of hydrogen-bond acceptors (Lipinski definition) is 4. The van der Waals surface area contributed by atoms with Crippen LogP contribution in [-0.4, -0.2) is 21.6 Å². The fourth-order valence-corrected chi connectivity index (χ4v) is 3.02. The van der Waals surface area contributed by atoms with Gasteiger partial charge in [-0.25, -0.2) is 9.18 Å². The minimum atomic E-state index is -1.50. The molecule has 1 amide bonds. The van der Waals surface area contributed by atoms with Gasteiger partial charge in [0.2, 0.25) is 17.2 Å². The zero-order valence-electron chi connectivity index (χ0n) is 13.7. The lowest BCUT2D eigenvalue weighted by molar-refractivity contribution is -0.114. The van der Waals surface area contributed by atoms with E-state index in [1.165, 1.54) is 29.7 Å². The van der Waals surface area contributed by atoms with Gasteiger partial charge in [0.05, 0.1) is 11.1 Å². The molecule has 0 saturated heterocycles. The van der Waals surface area contributed by atoms with Crippen molar-refractivity contribution in [2.24, 2.45) is 0 Å². The summed E-state index contributed by atoms with van der Waals surface area (Å²) in [7, 11) is 0. The molecular weight excluding hydrogens is 362 g/mol. The Morgan fingerprint density at radius 3 is 2.63 bits per heavy atom. The zero-order chi connectivity index (χ0) is 19.5. The average molecular weight is 372 g/mol. The minimum absolute atomic E-state index is 0.0551. The van der Waals surface area contributed by atoms with Crippen molar-refractivity contribution in [3.05, 3.63) is 57.9 Å². The van der Waals surface area contributed by atoms with Gasteiger partial charge in [-0.05, 0) is 18.2 Å². The summed E-state index contributed by atoms with van der Waals surface area (Å²) in [4.78, 5) is 35.0. The quantitative estimate of drug-likeness (QED) is 0.564. The fraction of sp³-hybridized carbons (Fsp3) is 0.0556. The lowest BCUT2D eigenvalue weighted by Gasteiger charge is -2.24. The SMILES string of the molecule is CC(=O)Nc1ccc2c(c1)Oc1c(F)c(F)cc3c(=O)c(C(=O)O)cn-2c13. The van der Waals surface area contributed by atoms with E-state index in [1.54, 1.807) is 0 Å². The number of benzene rings is 2. The van der Waals surface area contributed by atoms with Crippen molar-refractivity contribution in [2.45, 2.75) is 6.92 Å². The molecule has 0 saturated carbocycles. The standard InChI is InChI=1S/C18H10F2N2O5/c1-7(23)21-8-2-3-12-13(4-8)27-17-14(20)11(19)5-9-15(17)22(12)6-10(16(9)24)18(25)26/h2-6H,1H3,(H,21,23)(H,25,26). The smallest absolute Gasteiger partial charge is 0.341 e. The largest absolute Gasteiger partial charge is 0.477 e. The van der Waals surface area contributed by atoms with Gasteiger partial charge >= 0.3 is 5.97 Å². The molecular formula is C18H10F2N2O5. The first-order valence-corrected chi connectivity index (χ1v) is 7.68. The number of aromatic nitrogens is 1. The highest BCUT2D eigenvalue weighted by Crippen LogP contribution is 2.42. The van der Waals surface area contributed by atoms with Crippen LogP contribution in [0.3, 0.4) is 0 Å². The first-order valence-electron chi connectivity index (χ1n) is 7.68. The third-order valence-corrected chi connectivity index (χ3v) is 4.12. The molecule has 27 heavy (non-hydrogen) atoms. The Morgan fingerprint density at radius 1 is 1.22 bits per heavy atom. The van der Waals surface area contributed by atoms with Crippen LogP contribution in [-0.2, 0) is 4.79 Å². The van der Waals surface area contributed by atoms with Crippen LogP contribution in [0.2, 0.25) is 0 Å². The predicted molar refractivity (Wildman–Crippen MR) is 90.8 cm³/mol. The number of aromatic carboxylic acids is 1. The number of nitrogens with zero attached hydrogens (tertiary/aromatic N) is 1. The highest BCUT2D eigenvalue weighted by molar-refractivity contribution is 5.96. The Kier molecular flexibility index (Phi) is 3.48. The summed E-state index contributed by atoms with van der Waals surface area (Å²) in [6.07, 6.45) is 1.03. The number of ether oxygens (including phenoxy) is 1. The number of rotatable bonds is 2. The molecule has 9 heteroatoms. The van der Waals surface area contributed by atoms with E-state index in [1.807, 2.05) is 0 Å². The minimum Gasteiger partial charge on any atom is -0.477 e. The number of carboxylic acids is 1. The molecule has 136 valence electrons. The summed E-state index contributed by atoms with van der Waals surface area (Å²) in [5.74, 6) is -4.98. The summed E-state index contributed by atoms with van der Waals surface area (Å²) in [5, 5.41) is 11.5. The molecule has 2 heterocycles. The van der Waals surface area contributed by atoms with Crippen molar-refractivity contribution >= 4 is 28.5 Å². The van der Waals surface area contributed by atoms with E-state index in [0.29, 0.717) is 17.4 Å². The van der Waals surface area contributed by atoms with Gasteiger partial charge in [0.15, 0.2) is 17.3 Å². The molecule has 2 aromatic carbocycles. The molecule has 3 aromatic rings. The topological polar surface area (TPSA) is 97.6 Å². The van der Waals surface area contributed by atoms with Crippen molar-refractivity contribution < 1.29 is 28.2 Å². The summed E-state index contributed by atoms with van der Waals surface area (Å²) < 4.78 is 35.0. The zero-order valence-corrected chi connectivity index (χ0v) is 13.7. The van der Waals surface area contributed by atoms with Gasteiger partial charge in [-0.15, -0.1) is 0 Å². The number of pyridine rings is 1. The van der Waals surface area contributed by atoms with Crippen molar-refractivity contribution in [3.63, 3.8) is 0 Å². The van der Waals surface area contributed by atoms with E-state index >= 15 is 0 Å². The normalized spacial score (nSPS) is 11.7. The lowest BCUT2D eigenvalue weighted by atomic mass is 10.1. The Labute approximate surface area is 149 Å². The van der Waals surface area contributed by atoms with Crippen LogP contribution < -0.4 is 15.5 Å². The predicted octanol–water partition coefficient (Wildman–Crippen LogP) is 3.03. The average Bonchev–Trinajstić information content (AvgIpc) is 2.60. The van der Waals surface area contributed by atoms with Gasteiger partial charge in [-0.1, -0.05) is 0 Å². The molecule has 1 aliphatic rings. The first kappa shape index (κ1) is 16.7. The van der Waals surface area contributed by atoms with Crippen LogP contribution in [0.1, 0.15) is 17.3 Å². The maximum atomic E-state index is 14.3. The molecule has 1 aliphatic heterocycles. The molecule has 0 radical (unpaired) electrons. The number of carbonyl (C=O) groups is 2. The molecule has 4 rings (SSSR count). The Balaban J connectivity index is 2.11. The number of nitrogens with one attached hydrogen (secondary N) is 1. The lowest BCUT2D eigenvalue weighted by Crippen LogP contribution is -2.21. The first-order chi connectivity index (χ1) is 12.8. The second kappa shape index (κ2) is 5.63. The Morgan fingerprint density at radius 2 is 1.96 bits per heavy atom. The van der Waals surface area contributed by atoms with Crippen molar-refractivity contribution in [3.8, 4) is 17.2 Å². The third-order valence-electron chi connectivity index (χ3n) is 4.12. The maximum absolute atomic E-state index is 14.3. The van der Waals surface area contributed by atoms with Crippen LogP contribution in [0.4, 0.5) is 14.5 Å². The second-order valence-corrected chi connectivity index (χ2v) is 5.91. The molecule has 1 aromatic heterocycles. The van der Waals surface area contributed by atoms with Crippen LogP contribution in [0.15, 0.2) is 35.3 Å². The van der Waals surface area contributed by atoms with Gasteiger partial charge in [0.1, 0.15) is 11.1 Å². The van der Waals surface area contributed by atoms with E-state index < -0.39 is 34.3 Å². The highest BCUT2D eigenvalue weighted by Gasteiger charge is 2.28. The molecule has 0 aliphatic carbocycles. The number of amides is 1. The fourth-order valence-electron chi connectivity index (χ4n) is 3.02. The van der Waals surface area contributed by atoms with E-state index in [2.05, 4.69) is 5.32 Å². The summed E-state index contributed by atoms with van der Waals surface area (Å²) in [6, 6.07) is 5.06. The van der Waals surface area contributed by atoms with Crippen molar-refractivity contribution in [2.75, 3.05) is 5.32 Å². The van der Waals surface area contributed by atoms with Gasteiger partial charge in [0, 0.05) is 24.9 Å². The van der Waals surface area contributed by atoms with Crippen LogP contribution in [0.25, 0.3) is 16.6 Å². The summed E-state index contributed by atoms with van der Waals surface area (Å²) in [6.45, 7) is 1.30. The van der Waals surface area contributed by atoms with E-state index in [-0.39, 0.29) is 22.6 Å². The van der Waals surface area contributed by atoms with Crippen molar-refractivity contribution in [1.29, 1.82) is 0 Å². The molecule has 0 atom stereocenters. The van der Waals surface area contributed by atoms with Crippen LogP contribution in [0.5, 0.6) is 11.5 Å². The van der Waals surface area contributed by atoms with E-state index in [9.17, 15) is 28.3 Å². The molecule has 2 N–H and O–H groups in total. The number of carbonyl (C=O) groups excluding carboxylic acids is 1. The Hall–Kier alpha value is -3.75. The molecule has 0 unspecified atom stereocenters. The number of hydrogen-bond donors (Lipinski definition) is 2. The van der Waals surface area contributed by atoms with E-state index in [0.717, 1.165) is 6.20 Å². The van der Waals surface area contributed by atoms with Gasteiger partial charge in [0.25, 0.3) is 0 Å². The van der Waals surface area contributed by atoms with Crippen LogP contribution in [0, 0.1) is 11.6 Å². The number of fused-ring (bicyclic) bond motifs is 2. The molecule has 0 fully saturated rings. The molecule has 7 nitrogen and oxygen atoms in total. The number of anilines is 1. The highest BCUT2D eigenvalue weighted by atomic mass is 19.2. The molecule has 0 bridgehead atoms.